The second-order valence-corrected chi connectivity index (χ2v) is 5.35. The average molecular weight is 305 g/mol. The van der Waals surface area contributed by atoms with Crippen molar-refractivity contribution in [1.82, 2.24) is 5.32 Å². The van der Waals surface area contributed by atoms with Crippen LogP contribution in [0.25, 0.3) is 0 Å². The monoisotopic (exact) mass is 305 g/mol. The van der Waals surface area contributed by atoms with Crippen molar-refractivity contribution < 1.29 is 4.79 Å². The summed E-state index contributed by atoms with van der Waals surface area (Å²) < 4.78 is 0.710. The summed E-state index contributed by atoms with van der Waals surface area (Å²) in [5.74, 6) is 2.18. The molecule has 0 heterocycles. The maximum Gasteiger partial charge on any atom is 0.221 e. The van der Waals surface area contributed by atoms with Gasteiger partial charge in [-0.25, -0.2) is 0 Å². The maximum atomic E-state index is 10.9. The largest absolute Gasteiger partial charge is 0.347 e. The molecule has 2 nitrogen and oxygen atoms in total. The highest BCUT2D eigenvalue weighted by Crippen LogP contribution is 2.20. The Kier molecular flexibility index (Phi) is 9.73. The van der Waals surface area contributed by atoms with Gasteiger partial charge >= 0.3 is 0 Å². The van der Waals surface area contributed by atoms with Crippen molar-refractivity contribution in [2.45, 2.75) is 13.3 Å². The van der Waals surface area contributed by atoms with Gasteiger partial charge in [-0.2, -0.15) is 0 Å². The third kappa shape index (κ3) is 8.81. The van der Waals surface area contributed by atoms with Gasteiger partial charge in [-0.15, -0.1) is 0 Å². The van der Waals surface area contributed by atoms with Gasteiger partial charge in [-0.1, -0.05) is 51.1 Å². The molecule has 0 aliphatic rings. The predicted molar refractivity (Wildman–Crippen MR) is 62.2 cm³/mol. The van der Waals surface area contributed by atoms with Crippen molar-refractivity contribution in [2.75, 3.05) is 16.1 Å². The summed E-state index contributed by atoms with van der Waals surface area (Å²) >= 11 is 2.13. The van der Waals surface area contributed by atoms with Crippen molar-refractivity contribution in [3.8, 4) is 0 Å². The van der Waals surface area contributed by atoms with Gasteiger partial charge in [0.2, 0.25) is 5.91 Å². The molecule has 0 unspecified atom stereocenters. The Balaban J connectivity index is 3.04. The van der Waals surface area contributed by atoms with Crippen molar-refractivity contribution in [1.29, 1.82) is 0 Å². The zero-order valence-corrected chi connectivity index (χ0v) is 10.2. The molecule has 0 aliphatic heterocycles. The molecule has 1 amide bonds. The molecule has 0 saturated heterocycles. The van der Waals surface area contributed by atoms with Crippen molar-refractivity contribution >= 4 is 50.1 Å². The van der Waals surface area contributed by atoms with Gasteiger partial charge in [0.05, 0.1) is 4.55 Å². The number of nitrogens with one attached hydrogen (secondary N) is 1. The third-order valence-electron chi connectivity index (χ3n) is 0.878. The first kappa shape index (κ1) is 11.9. The Morgan fingerprint density at radius 2 is 2.27 bits per heavy atom. The van der Waals surface area contributed by atoms with Crippen molar-refractivity contribution in [3.63, 3.8) is 0 Å². The van der Waals surface area contributed by atoms with E-state index in [9.17, 15) is 4.79 Å². The molecule has 0 aromatic carbocycles. The number of rotatable bonds is 6. The van der Waals surface area contributed by atoms with Gasteiger partial charge in [-0.05, 0) is 0 Å². The lowest BCUT2D eigenvalue weighted by molar-refractivity contribution is -0.120. The molecule has 66 valence electrons. The van der Waals surface area contributed by atoms with Gasteiger partial charge in [0.25, 0.3) is 0 Å². The Morgan fingerprint density at radius 1 is 1.55 bits per heavy atom. The standard InChI is InChI=1S/C6H12INOS2/c1-2-10-11-4-3-6(9)8-5-7/h2-5H2,1H3,(H,8,9). The number of hydrogen-bond acceptors (Lipinski definition) is 3. The second-order valence-electron chi connectivity index (χ2n) is 1.71. The SMILES string of the molecule is CCSSCCC(=O)NCI. The van der Waals surface area contributed by atoms with Gasteiger partial charge < -0.3 is 5.32 Å². The minimum Gasteiger partial charge on any atom is -0.347 e. The number of carbonyl (C=O) groups is 1. The first-order chi connectivity index (χ1) is 5.31. The molecule has 0 spiro atoms. The Hall–Kier alpha value is 0.900. The highest BCUT2D eigenvalue weighted by atomic mass is 127. The fraction of sp³-hybridized carbons (Fsp3) is 0.833. The zero-order valence-electron chi connectivity index (χ0n) is 6.43. The van der Waals surface area contributed by atoms with Gasteiger partial charge in [-0.3, -0.25) is 4.79 Å². The lowest BCUT2D eigenvalue weighted by atomic mass is 10.5. The van der Waals surface area contributed by atoms with Gasteiger partial charge in [0.15, 0.2) is 0 Å². The lowest BCUT2D eigenvalue weighted by Crippen LogP contribution is -2.21. The molecular weight excluding hydrogens is 293 g/mol. The molecule has 0 aromatic heterocycles. The van der Waals surface area contributed by atoms with E-state index in [2.05, 4.69) is 34.8 Å². The summed E-state index contributed by atoms with van der Waals surface area (Å²) in [6, 6.07) is 0. The zero-order chi connectivity index (χ0) is 8.53. The van der Waals surface area contributed by atoms with Crippen LogP contribution in [0.2, 0.25) is 0 Å². The Morgan fingerprint density at radius 3 is 2.82 bits per heavy atom. The summed E-state index contributed by atoms with van der Waals surface area (Å²) in [4.78, 5) is 10.9. The fourth-order valence-corrected chi connectivity index (χ4v) is 2.52. The molecule has 5 heteroatoms. The van der Waals surface area contributed by atoms with Crippen LogP contribution < -0.4 is 5.32 Å². The van der Waals surface area contributed by atoms with Crippen molar-refractivity contribution in [3.05, 3.63) is 0 Å². The van der Waals surface area contributed by atoms with E-state index in [1.165, 1.54) is 0 Å². The fourth-order valence-electron chi connectivity index (χ4n) is 0.440. The Bertz CT molecular complexity index is 113. The second kappa shape index (κ2) is 8.99. The van der Waals surface area contributed by atoms with Crippen molar-refractivity contribution in [2.24, 2.45) is 0 Å². The number of amides is 1. The summed E-state index contributed by atoms with van der Waals surface area (Å²) in [5.41, 5.74) is 0. The van der Waals surface area contributed by atoms with E-state index in [0.717, 1.165) is 11.5 Å². The molecule has 0 radical (unpaired) electrons. The van der Waals surface area contributed by atoms with E-state index in [1.54, 1.807) is 21.6 Å². The van der Waals surface area contributed by atoms with Crippen LogP contribution in [0.1, 0.15) is 13.3 Å². The predicted octanol–water partition coefficient (Wildman–Crippen LogP) is 2.29. The minimum atomic E-state index is 0.156. The molecule has 0 atom stereocenters. The quantitative estimate of drug-likeness (QED) is 0.268. The molecule has 0 fully saturated rings. The first-order valence-electron chi connectivity index (χ1n) is 3.38. The number of halogens is 1. The topological polar surface area (TPSA) is 29.1 Å². The number of carbonyl (C=O) groups excluding carboxylic acids is 1. The Labute approximate surface area is 89.2 Å². The minimum absolute atomic E-state index is 0.156. The van der Waals surface area contributed by atoms with Crippen LogP contribution in [0.5, 0.6) is 0 Å². The molecule has 0 bridgehead atoms. The van der Waals surface area contributed by atoms with Crippen LogP contribution in [0, 0.1) is 0 Å². The lowest BCUT2D eigenvalue weighted by Gasteiger charge is -1.99. The normalized spacial score (nSPS) is 9.64. The van der Waals surface area contributed by atoms with Crippen LogP contribution in [0.4, 0.5) is 0 Å². The van der Waals surface area contributed by atoms with E-state index in [4.69, 9.17) is 0 Å². The average Bonchev–Trinajstić information content (AvgIpc) is 1.99. The van der Waals surface area contributed by atoms with Crippen LogP contribution in [0.3, 0.4) is 0 Å². The van der Waals surface area contributed by atoms with E-state index in [-0.39, 0.29) is 5.91 Å². The van der Waals surface area contributed by atoms with Crippen LogP contribution in [-0.2, 0) is 4.79 Å². The summed E-state index contributed by atoms with van der Waals surface area (Å²) in [6.45, 7) is 2.11. The molecule has 0 aliphatic carbocycles. The van der Waals surface area contributed by atoms with Gasteiger partial charge in [0, 0.05) is 17.9 Å². The highest BCUT2D eigenvalue weighted by Gasteiger charge is 1.97. The number of alkyl halides is 1. The summed E-state index contributed by atoms with van der Waals surface area (Å²) in [6.07, 6.45) is 0.640. The van der Waals surface area contributed by atoms with Crippen LogP contribution >= 0.6 is 44.2 Å². The molecule has 11 heavy (non-hydrogen) atoms. The van der Waals surface area contributed by atoms with E-state index in [1.807, 2.05) is 0 Å². The van der Waals surface area contributed by atoms with Crippen LogP contribution in [0.15, 0.2) is 0 Å². The molecule has 0 aromatic rings. The number of hydrogen-bond donors (Lipinski definition) is 1. The highest BCUT2D eigenvalue weighted by molar-refractivity contribution is 14.1. The van der Waals surface area contributed by atoms with E-state index in [0.29, 0.717) is 11.0 Å². The molecule has 1 N–H and O–H groups in total. The smallest absolute Gasteiger partial charge is 0.221 e. The maximum absolute atomic E-state index is 10.9. The van der Waals surface area contributed by atoms with Gasteiger partial charge in [0.1, 0.15) is 0 Å². The molecular formula is C6H12INOS2. The summed E-state index contributed by atoms with van der Waals surface area (Å²) in [5, 5.41) is 2.75. The third-order valence-corrected chi connectivity index (χ3v) is 3.74. The van der Waals surface area contributed by atoms with Crippen LogP contribution in [-0.4, -0.2) is 22.0 Å². The molecule has 0 rings (SSSR count). The molecule has 0 saturated carbocycles. The summed E-state index contributed by atoms with van der Waals surface area (Å²) in [7, 11) is 3.56. The first-order valence-corrected chi connectivity index (χ1v) is 7.39. The van der Waals surface area contributed by atoms with E-state index < -0.39 is 0 Å². The van der Waals surface area contributed by atoms with E-state index >= 15 is 0 Å².